The minimum absolute atomic E-state index is 0.218. The van der Waals surface area contributed by atoms with Gasteiger partial charge in [-0.25, -0.2) is 0 Å². The van der Waals surface area contributed by atoms with Gasteiger partial charge in [0, 0.05) is 6.07 Å². The Kier molecular flexibility index (Phi) is 0.980. The third-order valence-electron chi connectivity index (χ3n) is 0.740. The summed E-state index contributed by atoms with van der Waals surface area (Å²) in [5, 5.41) is 11.0. The van der Waals surface area contributed by atoms with Crippen LogP contribution in [0.25, 0.3) is 0 Å². The number of nitrogen functional groups attached to an aromatic ring is 1. The van der Waals surface area contributed by atoms with Crippen LogP contribution in [0.1, 0.15) is 0 Å². The normalized spacial score (nSPS) is 9.50. The number of hydrogen-bond donors (Lipinski definition) is 3. The van der Waals surface area contributed by atoms with Crippen LogP contribution in [0.15, 0.2) is 6.07 Å². The molecule has 0 aliphatic carbocycles. The first-order valence-electron chi connectivity index (χ1n) is 1.97. The smallest absolute Gasteiger partial charge is 0.162 e. The first-order valence-corrected chi connectivity index (χ1v) is 2.38. The molecule has 0 unspecified atom stereocenters. The first-order chi connectivity index (χ1) is 3.70. The van der Waals surface area contributed by atoms with Crippen molar-refractivity contribution in [2.24, 2.45) is 0 Å². The average Bonchev–Trinajstić information content (AvgIpc) is 1.85. The van der Waals surface area contributed by atoms with Crippen LogP contribution >= 0.6 is 12.2 Å². The summed E-state index contributed by atoms with van der Waals surface area (Å²) in [6.45, 7) is 0. The monoisotopic (exact) mass is 131 g/mol. The van der Waals surface area contributed by atoms with Crippen molar-refractivity contribution in [3.05, 3.63) is 10.7 Å². The second kappa shape index (κ2) is 1.52. The summed E-state index contributed by atoms with van der Waals surface area (Å²) in [5.41, 5.74) is 5.16. The van der Waals surface area contributed by atoms with Gasteiger partial charge in [-0.1, -0.05) is 12.2 Å². The number of hydrogen-bond acceptors (Lipinski definition) is 3. The molecular weight excluding hydrogens is 126 g/mol. The van der Waals surface area contributed by atoms with Gasteiger partial charge in [0.25, 0.3) is 0 Å². The number of nitrogens with zero attached hydrogens (tertiary/aromatic N) is 1. The molecule has 1 heterocycles. The van der Waals surface area contributed by atoms with Gasteiger partial charge in [0.15, 0.2) is 5.82 Å². The van der Waals surface area contributed by atoms with E-state index in [4.69, 9.17) is 10.9 Å². The third-order valence-corrected chi connectivity index (χ3v) is 0.949. The Hall–Kier alpha value is -0.970. The van der Waals surface area contributed by atoms with Gasteiger partial charge >= 0.3 is 0 Å². The fourth-order valence-electron chi connectivity index (χ4n) is 0.397. The molecule has 0 amide bonds. The lowest BCUT2D eigenvalue weighted by Crippen LogP contribution is -1.97. The zero-order valence-electron chi connectivity index (χ0n) is 3.96. The van der Waals surface area contributed by atoms with Crippen molar-refractivity contribution in [1.29, 1.82) is 0 Å². The van der Waals surface area contributed by atoms with E-state index in [9.17, 15) is 0 Å². The van der Waals surface area contributed by atoms with Crippen LogP contribution in [0.5, 0.6) is 0 Å². The highest BCUT2D eigenvalue weighted by Gasteiger charge is 1.90. The Morgan fingerprint density at radius 2 is 2.50 bits per heavy atom. The minimum atomic E-state index is 0.218. The van der Waals surface area contributed by atoms with Gasteiger partial charge in [0.1, 0.15) is 4.64 Å². The number of aromatic nitrogens is 2. The zero-order valence-corrected chi connectivity index (χ0v) is 4.77. The molecule has 0 aliphatic rings. The highest BCUT2D eigenvalue weighted by molar-refractivity contribution is 7.71. The Morgan fingerprint density at radius 1 is 1.88 bits per heavy atom. The van der Waals surface area contributed by atoms with Crippen LogP contribution < -0.4 is 5.73 Å². The fraction of sp³-hybridized carbons (Fsp3) is 0. The number of H-pyrrole nitrogens is 1. The maximum Gasteiger partial charge on any atom is 0.162 e. The fourth-order valence-corrected chi connectivity index (χ4v) is 0.604. The number of nitrogens with one attached hydrogen (secondary N) is 1. The van der Waals surface area contributed by atoms with Crippen LogP contribution in [0.3, 0.4) is 0 Å². The van der Waals surface area contributed by atoms with Gasteiger partial charge in [-0.3, -0.25) is 5.10 Å². The van der Waals surface area contributed by atoms with E-state index in [1.165, 1.54) is 6.07 Å². The number of rotatable bonds is 0. The maximum atomic E-state index is 8.61. The molecule has 0 aliphatic heterocycles. The quantitative estimate of drug-likeness (QED) is 0.352. The standard InChI is InChI=1S/C3H5N3OS/c4-2-1-3(8)5-6(2)7/h1,7H,4H2,(H,5,8). The highest BCUT2D eigenvalue weighted by atomic mass is 32.1. The predicted molar refractivity (Wildman–Crippen MR) is 31.2 cm³/mol. The molecule has 8 heavy (non-hydrogen) atoms. The highest BCUT2D eigenvalue weighted by Crippen LogP contribution is 1.96. The summed E-state index contributed by atoms with van der Waals surface area (Å²) in [6.07, 6.45) is 0. The molecule has 0 fully saturated rings. The van der Waals surface area contributed by atoms with Crippen molar-refractivity contribution in [3.63, 3.8) is 0 Å². The van der Waals surface area contributed by atoms with Crippen molar-refractivity contribution < 1.29 is 5.21 Å². The first kappa shape index (κ1) is 5.17. The molecule has 5 heteroatoms. The molecule has 0 aromatic carbocycles. The molecule has 0 saturated heterocycles. The Bertz CT molecular complexity index is 214. The Labute approximate surface area is 50.5 Å². The molecule has 0 radical (unpaired) electrons. The zero-order chi connectivity index (χ0) is 6.15. The van der Waals surface area contributed by atoms with Crippen LogP contribution in [0.2, 0.25) is 0 Å². The minimum Gasteiger partial charge on any atom is -0.412 e. The molecule has 44 valence electrons. The summed E-state index contributed by atoms with van der Waals surface area (Å²) in [4.78, 5) is 0.669. The van der Waals surface area contributed by atoms with Crippen molar-refractivity contribution >= 4 is 18.0 Å². The van der Waals surface area contributed by atoms with Crippen molar-refractivity contribution in [1.82, 2.24) is 9.94 Å². The largest absolute Gasteiger partial charge is 0.412 e. The van der Waals surface area contributed by atoms with Crippen LogP contribution in [-0.2, 0) is 0 Å². The number of nitrogens with two attached hydrogens (primary N) is 1. The van der Waals surface area contributed by atoms with Crippen molar-refractivity contribution in [2.45, 2.75) is 0 Å². The second-order valence-electron chi connectivity index (χ2n) is 1.36. The molecule has 0 spiro atoms. The molecule has 1 aromatic heterocycles. The van der Waals surface area contributed by atoms with Gasteiger partial charge in [-0.2, -0.15) is 0 Å². The summed E-state index contributed by atoms with van der Waals surface area (Å²) < 4.78 is 0.421. The lowest BCUT2D eigenvalue weighted by Gasteiger charge is -1.88. The third kappa shape index (κ3) is 0.671. The van der Waals surface area contributed by atoms with E-state index in [1.54, 1.807) is 0 Å². The average molecular weight is 131 g/mol. The predicted octanol–water partition coefficient (Wildman–Crippen LogP) is 0.365. The number of aromatic amines is 1. The summed E-state index contributed by atoms with van der Waals surface area (Å²) >= 11 is 4.60. The van der Waals surface area contributed by atoms with E-state index in [2.05, 4.69) is 17.3 Å². The van der Waals surface area contributed by atoms with E-state index in [0.717, 1.165) is 0 Å². The van der Waals surface area contributed by atoms with E-state index in [0.29, 0.717) is 9.49 Å². The SMILES string of the molecule is Nc1cc(=S)[nH]n1O. The van der Waals surface area contributed by atoms with Crippen LogP contribution in [-0.4, -0.2) is 15.2 Å². The van der Waals surface area contributed by atoms with Crippen LogP contribution in [0.4, 0.5) is 5.82 Å². The van der Waals surface area contributed by atoms with E-state index in [-0.39, 0.29) is 5.82 Å². The van der Waals surface area contributed by atoms with Gasteiger partial charge in [0.05, 0.1) is 0 Å². The van der Waals surface area contributed by atoms with Gasteiger partial charge < -0.3 is 10.9 Å². The molecule has 0 atom stereocenters. The lowest BCUT2D eigenvalue weighted by atomic mass is 10.7. The van der Waals surface area contributed by atoms with Gasteiger partial charge in [0.2, 0.25) is 0 Å². The maximum absolute atomic E-state index is 8.61. The van der Waals surface area contributed by atoms with E-state index >= 15 is 0 Å². The van der Waals surface area contributed by atoms with E-state index in [1.807, 2.05) is 0 Å². The van der Waals surface area contributed by atoms with Gasteiger partial charge in [-0.05, 0) is 0 Å². The summed E-state index contributed by atoms with van der Waals surface area (Å²) in [6, 6.07) is 1.45. The van der Waals surface area contributed by atoms with E-state index < -0.39 is 0 Å². The molecule has 1 rings (SSSR count). The molecule has 0 saturated carbocycles. The Balaban J connectivity index is 3.35. The number of anilines is 1. The summed E-state index contributed by atoms with van der Waals surface area (Å²) in [5.74, 6) is 0.218. The molecule has 0 bridgehead atoms. The van der Waals surface area contributed by atoms with Crippen molar-refractivity contribution in [3.8, 4) is 0 Å². The molecular formula is C3H5N3OS. The second-order valence-corrected chi connectivity index (χ2v) is 1.80. The molecule has 4 nitrogen and oxygen atoms in total. The van der Waals surface area contributed by atoms with Crippen molar-refractivity contribution in [2.75, 3.05) is 5.73 Å². The topological polar surface area (TPSA) is 67.0 Å². The lowest BCUT2D eigenvalue weighted by molar-refractivity contribution is 0.154. The summed E-state index contributed by atoms with van der Waals surface area (Å²) in [7, 11) is 0. The molecule has 1 aromatic rings. The van der Waals surface area contributed by atoms with Crippen LogP contribution in [0, 0.1) is 4.64 Å². The van der Waals surface area contributed by atoms with Gasteiger partial charge in [-0.15, -0.1) is 4.85 Å². The molecule has 4 N–H and O–H groups in total. The Morgan fingerprint density at radius 3 is 2.62 bits per heavy atom.